The highest BCUT2D eigenvalue weighted by atomic mass is 16.6. The molecule has 1 aromatic rings. The van der Waals surface area contributed by atoms with Crippen molar-refractivity contribution in [3.8, 4) is 0 Å². The average molecular weight is 390 g/mol. The summed E-state index contributed by atoms with van der Waals surface area (Å²) in [5.74, 6) is 0. The monoisotopic (exact) mass is 390 g/mol. The Hall–Kier alpha value is -2.28. The molecule has 2 aliphatic heterocycles. The number of ether oxygens (including phenoxy) is 1. The first-order chi connectivity index (χ1) is 13.1. The molecule has 2 saturated heterocycles. The van der Waals surface area contributed by atoms with Gasteiger partial charge in [0.15, 0.2) is 0 Å². The highest BCUT2D eigenvalue weighted by Crippen LogP contribution is 2.52. The molecule has 28 heavy (non-hydrogen) atoms. The number of β-amino-alcohol motifs (C(OH)–C–C–N with tert-alkyl or cyclic N) is 1. The minimum Gasteiger partial charge on any atom is -0.465 e. The fraction of sp³-hybridized carbons (Fsp3) is 0.619. The molecule has 1 atom stereocenters. The van der Waals surface area contributed by atoms with Gasteiger partial charge in [0.1, 0.15) is 12.2 Å². The Balaban J connectivity index is 1.73. The van der Waals surface area contributed by atoms with Crippen molar-refractivity contribution in [1.82, 2.24) is 9.80 Å². The van der Waals surface area contributed by atoms with Crippen molar-refractivity contribution in [2.24, 2.45) is 5.41 Å². The van der Waals surface area contributed by atoms with Gasteiger partial charge in [-0.15, -0.1) is 0 Å². The Labute approximate surface area is 165 Å². The second kappa shape index (κ2) is 7.28. The maximum absolute atomic E-state index is 12.4. The summed E-state index contributed by atoms with van der Waals surface area (Å²) < 4.78 is 5.35. The molecule has 0 saturated carbocycles. The van der Waals surface area contributed by atoms with E-state index < -0.39 is 28.7 Å². The van der Waals surface area contributed by atoms with Crippen molar-refractivity contribution in [2.45, 2.75) is 57.8 Å². The Morgan fingerprint density at radius 3 is 2.36 bits per heavy atom. The molecule has 0 spiro atoms. The van der Waals surface area contributed by atoms with E-state index in [1.807, 2.05) is 51.1 Å². The van der Waals surface area contributed by atoms with Gasteiger partial charge in [0, 0.05) is 6.54 Å². The van der Waals surface area contributed by atoms with E-state index in [1.165, 1.54) is 9.80 Å². The Morgan fingerprint density at radius 1 is 1.14 bits per heavy atom. The van der Waals surface area contributed by atoms with Crippen molar-refractivity contribution in [1.29, 1.82) is 0 Å². The second-order valence-corrected chi connectivity index (χ2v) is 8.93. The smallest absolute Gasteiger partial charge is 0.410 e. The van der Waals surface area contributed by atoms with Crippen molar-refractivity contribution < 1.29 is 24.5 Å². The van der Waals surface area contributed by atoms with Gasteiger partial charge in [-0.3, -0.25) is 4.90 Å². The highest BCUT2D eigenvalue weighted by molar-refractivity contribution is 5.71. The van der Waals surface area contributed by atoms with E-state index >= 15 is 0 Å². The number of carbonyl (C=O) groups excluding carboxylic acids is 1. The van der Waals surface area contributed by atoms with Gasteiger partial charge < -0.3 is 19.8 Å². The normalized spacial score (nSPS) is 24.4. The molecular formula is C21H30N2O5. The fourth-order valence-electron chi connectivity index (χ4n) is 4.98. The molecule has 2 amide bonds. The summed E-state index contributed by atoms with van der Waals surface area (Å²) >= 11 is 0. The topological polar surface area (TPSA) is 90.3 Å². The van der Waals surface area contributed by atoms with Crippen LogP contribution in [0.5, 0.6) is 0 Å². The van der Waals surface area contributed by atoms with Gasteiger partial charge in [-0.05, 0) is 30.2 Å². The molecule has 154 valence electrons. The predicted molar refractivity (Wildman–Crippen MR) is 104 cm³/mol. The first-order valence-electron chi connectivity index (χ1n) is 9.79. The largest absolute Gasteiger partial charge is 0.465 e. The number of rotatable bonds is 3. The van der Waals surface area contributed by atoms with Crippen molar-refractivity contribution in [3.05, 3.63) is 35.9 Å². The third kappa shape index (κ3) is 3.32. The third-order valence-corrected chi connectivity index (χ3v) is 6.24. The van der Waals surface area contributed by atoms with Crippen LogP contribution in [0.4, 0.5) is 9.59 Å². The van der Waals surface area contributed by atoms with Crippen LogP contribution >= 0.6 is 0 Å². The lowest BCUT2D eigenvalue weighted by Gasteiger charge is -2.65. The summed E-state index contributed by atoms with van der Waals surface area (Å²) in [5.41, 5.74) is -1.83. The van der Waals surface area contributed by atoms with Crippen LogP contribution < -0.4 is 0 Å². The number of benzene rings is 1. The third-order valence-electron chi connectivity index (χ3n) is 6.24. The minimum absolute atomic E-state index is 0.0711. The number of nitrogens with zero attached hydrogens (tertiary/aromatic N) is 2. The van der Waals surface area contributed by atoms with E-state index in [-0.39, 0.29) is 19.7 Å². The quantitative estimate of drug-likeness (QED) is 0.826. The van der Waals surface area contributed by atoms with Gasteiger partial charge in [0.2, 0.25) is 0 Å². The van der Waals surface area contributed by atoms with Gasteiger partial charge in [0.25, 0.3) is 0 Å². The number of hydrogen-bond donors (Lipinski definition) is 2. The van der Waals surface area contributed by atoms with Crippen LogP contribution in [0, 0.1) is 5.41 Å². The van der Waals surface area contributed by atoms with Gasteiger partial charge in [-0.25, -0.2) is 9.59 Å². The van der Waals surface area contributed by atoms with Crippen LogP contribution in [-0.2, 0) is 11.3 Å². The molecule has 2 aliphatic rings. The standard InChI is InChI=1S/C21H30N2O5/c1-19(2,3)21(11-7-8-12-23(21)17(24)25)20(27)14-22(15-20)18(26)28-13-16-9-5-4-6-10-16/h4-6,9-10,27H,7-8,11-15H2,1-3H3,(H,24,25). The molecule has 0 aromatic heterocycles. The Morgan fingerprint density at radius 2 is 1.79 bits per heavy atom. The number of piperidine rings is 1. The zero-order chi connectivity index (χ0) is 20.6. The van der Waals surface area contributed by atoms with E-state index in [9.17, 15) is 19.8 Å². The summed E-state index contributed by atoms with van der Waals surface area (Å²) in [6.07, 6.45) is 0.695. The number of likely N-dealkylation sites (tertiary alicyclic amines) is 2. The van der Waals surface area contributed by atoms with Crippen molar-refractivity contribution in [3.63, 3.8) is 0 Å². The van der Waals surface area contributed by atoms with Crippen LogP contribution in [0.1, 0.15) is 45.6 Å². The summed E-state index contributed by atoms with van der Waals surface area (Å²) in [6.45, 7) is 6.59. The first-order valence-corrected chi connectivity index (χ1v) is 9.79. The fourth-order valence-corrected chi connectivity index (χ4v) is 4.98. The molecular weight excluding hydrogens is 360 g/mol. The van der Waals surface area contributed by atoms with Crippen LogP contribution in [0.25, 0.3) is 0 Å². The van der Waals surface area contributed by atoms with E-state index in [0.29, 0.717) is 13.0 Å². The average Bonchev–Trinajstić information content (AvgIpc) is 2.63. The molecule has 2 heterocycles. The van der Waals surface area contributed by atoms with Crippen molar-refractivity contribution >= 4 is 12.2 Å². The maximum atomic E-state index is 12.4. The van der Waals surface area contributed by atoms with Gasteiger partial charge >= 0.3 is 12.2 Å². The predicted octanol–water partition coefficient (Wildman–Crippen LogP) is 3.32. The molecule has 2 fully saturated rings. The first kappa shape index (κ1) is 20.5. The van der Waals surface area contributed by atoms with E-state index in [2.05, 4.69) is 0 Å². The Kier molecular flexibility index (Phi) is 5.32. The number of carbonyl (C=O) groups is 2. The molecule has 2 N–H and O–H groups in total. The SMILES string of the molecule is CC(C)(C)C1(C2(O)CN(C(=O)OCc3ccccc3)C2)CCCCN1C(=O)O. The molecule has 0 radical (unpaired) electrons. The lowest BCUT2D eigenvalue weighted by Crippen LogP contribution is -2.82. The van der Waals surface area contributed by atoms with Crippen LogP contribution in [0.15, 0.2) is 30.3 Å². The van der Waals surface area contributed by atoms with Gasteiger partial charge in [-0.1, -0.05) is 51.1 Å². The number of carboxylic acid groups (broad SMARTS) is 1. The second-order valence-electron chi connectivity index (χ2n) is 8.93. The summed E-state index contributed by atoms with van der Waals surface area (Å²) in [6, 6.07) is 9.40. The summed E-state index contributed by atoms with van der Waals surface area (Å²) in [7, 11) is 0. The lowest BCUT2D eigenvalue weighted by molar-refractivity contribution is -0.220. The molecule has 7 nitrogen and oxygen atoms in total. The van der Waals surface area contributed by atoms with E-state index in [0.717, 1.165) is 18.4 Å². The Bertz CT molecular complexity index is 724. The molecule has 0 bridgehead atoms. The van der Waals surface area contributed by atoms with Crippen LogP contribution in [0.3, 0.4) is 0 Å². The number of amides is 2. The molecule has 1 unspecified atom stereocenters. The van der Waals surface area contributed by atoms with Gasteiger partial charge in [-0.2, -0.15) is 0 Å². The number of hydrogen-bond acceptors (Lipinski definition) is 4. The van der Waals surface area contributed by atoms with Crippen LogP contribution in [0.2, 0.25) is 0 Å². The number of aliphatic hydroxyl groups is 1. The maximum Gasteiger partial charge on any atom is 0.410 e. The highest BCUT2D eigenvalue weighted by Gasteiger charge is 2.67. The molecule has 0 aliphatic carbocycles. The van der Waals surface area contributed by atoms with Crippen LogP contribution in [-0.4, -0.2) is 63.0 Å². The molecule has 1 aromatic carbocycles. The molecule has 7 heteroatoms. The molecule has 3 rings (SSSR count). The zero-order valence-electron chi connectivity index (χ0n) is 16.9. The summed E-state index contributed by atoms with van der Waals surface area (Å²) in [4.78, 5) is 27.2. The van der Waals surface area contributed by atoms with E-state index in [4.69, 9.17) is 4.74 Å². The van der Waals surface area contributed by atoms with E-state index in [1.54, 1.807) is 0 Å². The lowest BCUT2D eigenvalue weighted by atomic mass is 9.57. The van der Waals surface area contributed by atoms with Gasteiger partial charge in [0.05, 0.1) is 18.6 Å². The summed E-state index contributed by atoms with van der Waals surface area (Å²) in [5, 5.41) is 21.3. The van der Waals surface area contributed by atoms with Crippen molar-refractivity contribution in [2.75, 3.05) is 19.6 Å². The zero-order valence-corrected chi connectivity index (χ0v) is 16.9. The minimum atomic E-state index is -1.30.